The highest BCUT2D eigenvalue weighted by Gasteiger charge is 2.17. The monoisotopic (exact) mass is 183 g/mol. The molecule has 0 aromatic carbocycles. The van der Waals surface area contributed by atoms with Gasteiger partial charge in [-0.05, 0) is 12.2 Å². The molecule has 3 heterocycles. The highest BCUT2D eigenvalue weighted by atomic mass is 15.1. The van der Waals surface area contributed by atoms with Gasteiger partial charge in [-0.2, -0.15) is 0 Å². The Labute approximate surface area is 82.1 Å². The standard InChI is InChI=1S/C11H9N3/c1-2-5-14-6-4-10-9(11(14)3-1)7-12-8-13-10/h1-4,6-8H,5H2. The molecular weight excluding hydrogens is 174 g/mol. The normalized spacial score (nSPS) is 17.4. The Kier molecular flexibility index (Phi) is 1.50. The van der Waals surface area contributed by atoms with Crippen molar-refractivity contribution in [2.24, 2.45) is 0 Å². The molecule has 0 saturated carbocycles. The van der Waals surface area contributed by atoms with Crippen molar-refractivity contribution in [1.29, 1.82) is 0 Å². The van der Waals surface area contributed by atoms with Gasteiger partial charge in [-0.3, -0.25) is 0 Å². The second kappa shape index (κ2) is 2.80. The zero-order valence-electron chi connectivity index (χ0n) is 7.59. The molecular formula is C11H9N3. The summed E-state index contributed by atoms with van der Waals surface area (Å²) in [5.41, 5.74) is 3.29. The lowest BCUT2D eigenvalue weighted by molar-refractivity contribution is 0.585. The molecule has 14 heavy (non-hydrogen) atoms. The SMILES string of the molecule is C1=CCN2C=Cc3ncncc3C2=C1. The fraction of sp³-hybridized carbons (Fsp3) is 0.0909. The van der Waals surface area contributed by atoms with Crippen LogP contribution in [0.2, 0.25) is 0 Å². The summed E-state index contributed by atoms with van der Waals surface area (Å²) in [5, 5.41) is 0. The highest BCUT2D eigenvalue weighted by molar-refractivity contribution is 5.76. The summed E-state index contributed by atoms with van der Waals surface area (Å²) in [7, 11) is 0. The summed E-state index contributed by atoms with van der Waals surface area (Å²) in [5.74, 6) is 0. The predicted octanol–water partition coefficient (Wildman–Crippen LogP) is 1.67. The Morgan fingerprint density at radius 1 is 1.36 bits per heavy atom. The van der Waals surface area contributed by atoms with E-state index in [1.165, 1.54) is 5.70 Å². The molecule has 0 unspecified atom stereocenters. The van der Waals surface area contributed by atoms with Gasteiger partial charge in [0, 0.05) is 24.5 Å². The number of nitrogens with zero attached hydrogens (tertiary/aromatic N) is 3. The molecule has 1 aromatic rings. The number of hydrogen-bond acceptors (Lipinski definition) is 3. The van der Waals surface area contributed by atoms with Gasteiger partial charge in [0.1, 0.15) is 6.33 Å². The Morgan fingerprint density at radius 3 is 3.36 bits per heavy atom. The lowest BCUT2D eigenvalue weighted by atomic mass is 10.1. The molecule has 3 heteroatoms. The van der Waals surface area contributed by atoms with Crippen molar-refractivity contribution < 1.29 is 0 Å². The van der Waals surface area contributed by atoms with Crippen LogP contribution in [0.4, 0.5) is 0 Å². The second-order valence-corrected chi connectivity index (χ2v) is 3.27. The summed E-state index contributed by atoms with van der Waals surface area (Å²) in [6, 6.07) is 0. The van der Waals surface area contributed by atoms with Gasteiger partial charge < -0.3 is 4.90 Å². The topological polar surface area (TPSA) is 29.0 Å². The molecule has 0 aliphatic carbocycles. The first-order valence-corrected chi connectivity index (χ1v) is 4.57. The number of hydrogen-bond donors (Lipinski definition) is 0. The predicted molar refractivity (Wildman–Crippen MR) is 54.9 cm³/mol. The van der Waals surface area contributed by atoms with Crippen molar-refractivity contribution >= 4 is 11.8 Å². The summed E-state index contributed by atoms with van der Waals surface area (Å²) >= 11 is 0. The second-order valence-electron chi connectivity index (χ2n) is 3.27. The fourth-order valence-electron chi connectivity index (χ4n) is 1.74. The molecule has 1 aromatic heterocycles. The zero-order valence-corrected chi connectivity index (χ0v) is 7.59. The molecule has 0 atom stereocenters. The maximum Gasteiger partial charge on any atom is 0.116 e. The molecule has 2 aliphatic rings. The molecule has 0 fully saturated rings. The molecule has 3 nitrogen and oxygen atoms in total. The van der Waals surface area contributed by atoms with E-state index in [0.717, 1.165) is 17.8 Å². The third-order valence-electron chi connectivity index (χ3n) is 2.43. The average molecular weight is 183 g/mol. The fourth-order valence-corrected chi connectivity index (χ4v) is 1.74. The van der Waals surface area contributed by atoms with Crippen LogP contribution in [0.15, 0.2) is 37.0 Å². The lowest BCUT2D eigenvalue weighted by Crippen LogP contribution is -2.21. The van der Waals surface area contributed by atoms with Crippen LogP contribution in [0.25, 0.3) is 11.8 Å². The van der Waals surface area contributed by atoms with Gasteiger partial charge in [0.2, 0.25) is 0 Å². The molecule has 68 valence electrons. The largest absolute Gasteiger partial charge is 0.343 e. The molecule has 0 radical (unpaired) electrons. The zero-order chi connectivity index (χ0) is 9.38. The van der Waals surface area contributed by atoms with E-state index in [1.54, 1.807) is 6.33 Å². The number of rotatable bonds is 0. The van der Waals surface area contributed by atoms with Crippen LogP contribution in [-0.2, 0) is 0 Å². The van der Waals surface area contributed by atoms with Crippen LogP contribution in [0.3, 0.4) is 0 Å². The first-order chi connectivity index (χ1) is 6.95. The third-order valence-corrected chi connectivity index (χ3v) is 2.43. The van der Waals surface area contributed by atoms with E-state index in [-0.39, 0.29) is 0 Å². The van der Waals surface area contributed by atoms with E-state index in [0.29, 0.717) is 0 Å². The van der Waals surface area contributed by atoms with Gasteiger partial charge >= 0.3 is 0 Å². The Morgan fingerprint density at radius 2 is 2.36 bits per heavy atom. The number of aromatic nitrogens is 2. The van der Waals surface area contributed by atoms with Crippen LogP contribution in [0, 0.1) is 0 Å². The van der Waals surface area contributed by atoms with E-state index in [9.17, 15) is 0 Å². The highest BCUT2D eigenvalue weighted by Crippen LogP contribution is 2.28. The van der Waals surface area contributed by atoms with Crippen LogP contribution in [0.1, 0.15) is 11.3 Å². The van der Waals surface area contributed by atoms with E-state index in [2.05, 4.69) is 39.3 Å². The number of allylic oxidation sites excluding steroid dienone is 2. The molecule has 0 N–H and O–H groups in total. The summed E-state index contributed by atoms with van der Waals surface area (Å²) in [6.45, 7) is 0.927. The van der Waals surface area contributed by atoms with Crippen molar-refractivity contribution in [1.82, 2.24) is 14.9 Å². The quantitative estimate of drug-likeness (QED) is 0.612. The third kappa shape index (κ3) is 0.988. The smallest absolute Gasteiger partial charge is 0.116 e. The summed E-state index contributed by atoms with van der Waals surface area (Å²) in [6.07, 6.45) is 13.8. The van der Waals surface area contributed by atoms with Crippen LogP contribution in [-0.4, -0.2) is 21.4 Å². The van der Waals surface area contributed by atoms with Crippen molar-refractivity contribution in [2.75, 3.05) is 6.54 Å². The van der Waals surface area contributed by atoms with E-state index >= 15 is 0 Å². The van der Waals surface area contributed by atoms with Gasteiger partial charge in [0.15, 0.2) is 0 Å². The minimum Gasteiger partial charge on any atom is -0.343 e. The molecule has 0 spiro atoms. The summed E-state index contributed by atoms with van der Waals surface area (Å²) < 4.78 is 0. The first kappa shape index (κ1) is 7.50. The lowest BCUT2D eigenvalue weighted by Gasteiger charge is -2.28. The molecule has 0 saturated heterocycles. The van der Waals surface area contributed by atoms with Gasteiger partial charge in [-0.1, -0.05) is 12.2 Å². The van der Waals surface area contributed by atoms with Crippen molar-refractivity contribution in [3.63, 3.8) is 0 Å². The van der Waals surface area contributed by atoms with Crippen LogP contribution in [0.5, 0.6) is 0 Å². The molecule has 0 amide bonds. The summed E-state index contributed by atoms with van der Waals surface area (Å²) in [4.78, 5) is 10.5. The van der Waals surface area contributed by atoms with E-state index < -0.39 is 0 Å². The Bertz CT molecular complexity index is 457. The van der Waals surface area contributed by atoms with Crippen LogP contribution < -0.4 is 0 Å². The maximum absolute atomic E-state index is 4.22. The van der Waals surface area contributed by atoms with Gasteiger partial charge in [-0.25, -0.2) is 9.97 Å². The van der Waals surface area contributed by atoms with Crippen molar-refractivity contribution in [3.8, 4) is 0 Å². The van der Waals surface area contributed by atoms with Crippen LogP contribution >= 0.6 is 0 Å². The Hall–Kier alpha value is -1.90. The Balaban J connectivity index is 2.22. The van der Waals surface area contributed by atoms with Gasteiger partial charge in [0.05, 0.1) is 11.4 Å². The number of fused-ring (bicyclic) bond motifs is 3. The minimum atomic E-state index is 0.927. The molecule has 3 rings (SSSR count). The minimum absolute atomic E-state index is 0.927. The van der Waals surface area contributed by atoms with Gasteiger partial charge in [0.25, 0.3) is 0 Å². The average Bonchev–Trinajstić information content (AvgIpc) is 2.29. The van der Waals surface area contributed by atoms with Crippen molar-refractivity contribution in [2.45, 2.75) is 0 Å². The van der Waals surface area contributed by atoms with E-state index in [4.69, 9.17) is 0 Å². The van der Waals surface area contributed by atoms with Gasteiger partial charge in [-0.15, -0.1) is 0 Å². The maximum atomic E-state index is 4.22. The molecule has 2 aliphatic heterocycles. The first-order valence-electron chi connectivity index (χ1n) is 4.57. The van der Waals surface area contributed by atoms with Crippen molar-refractivity contribution in [3.05, 3.63) is 48.2 Å². The molecule has 0 bridgehead atoms. The van der Waals surface area contributed by atoms with E-state index in [1.807, 2.05) is 12.3 Å².